The average molecular weight is 1050 g/mol. The number of anilines is 10. The standard InChI is InChI=1S/C70H50B2N4O5/c1-41(2)73(43-21-9-5-10-22-43)47-33-55-65-63(35-47)78-61-39-59-51(37-53(61)71(65)69-67(49-29-17-19-31-57(49)80-69)75(55)45-25-13-7-14-26-45)52-38-54-62(40-60(52)77-59)79-64-36-48(74(42(3)4)44-23-11-6-12-24-44)34-56-66(64)72(54)70-68(50-30-18-20-32-58(50)81-70)76(56)46-27-15-8-16-28-46/h5-42H,1-4H3. The maximum absolute atomic E-state index is 7.30. The molecule has 0 bridgehead atoms. The molecular weight excluding hydrogens is 998 g/mol. The number of hydrogen-bond donors (Lipinski definition) is 0. The highest BCUT2D eigenvalue weighted by atomic mass is 16.5. The normalized spacial score (nSPS) is 13.5. The number of hydrogen-bond acceptors (Lipinski definition) is 9. The van der Waals surface area contributed by atoms with Gasteiger partial charge in [0.15, 0.2) is 0 Å². The van der Waals surface area contributed by atoms with Crippen LogP contribution in [0.15, 0.2) is 232 Å². The van der Waals surface area contributed by atoms with Crippen molar-refractivity contribution in [2.24, 2.45) is 0 Å². The Morgan fingerprint density at radius 2 is 0.728 bits per heavy atom. The molecule has 0 unspecified atom stereocenters. The Balaban J connectivity index is 0.896. The number of ether oxygens (including phenoxy) is 2. The Labute approximate surface area is 468 Å². The summed E-state index contributed by atoms with van der Waals surface area (Å²) in [7, 11) is 0. The topological polar surface area (TPSA) is 70.8 Å². The van der Waals surface area contributed by atoms with Gasteiger partial charge in [-0.25, -0.2) is 0 Å². The van der Waals surface area contributed by atoms with Gasteiger partial charge in [0.2, 0.25) is 0 Å². The lowest BCUT2D eigenvalue weighted by atomic mass is 9.36. The number of para-hydroxylation sites is 6. The van der Waals surface area contributed by atoms with Crippen LogP contribution in [0.4, 0.5) is 56.9 Å². The van der Waals surface area contributed by atoms with E-state index < -0.39 is 0 Å². The molecule has 386 valence electrons. The van der Waals surface area contributed by atoms with E-state index in [2.05, 4.69) is 266 Å². The second-order valence-electron chi connectivity index (χ2n) is 22.3. The second kappa shape index (κ2) is 17.3. The Morgan fingerprint density at radius 3 is 1.14 bits per heavy atom. The van der Waals surface area contributed by atoms with E-state index >= 15 is 0 Å². The van der Waals surface area contributed by atoms with Gasteiger partial charge in [-0.2, -0.15) is 0 Å². The quantitative estimate of drug-likeness (QED) is 0.138. The summed E-state index contributed by atoms with van der Waals surface area (Å²) in [5, 5.41) is 4.02. The van der Waals surface area contributed by atoms with E-state index in [4.69, 9.17) is 22.7 Å². The smallest absolute Gasteiger partial charge is 0.301 e. The highest BCUT2D eigenvalue weighted by molar-refractivity contribution is 7.00. The maximum atomic E-state index is 7.30. The Bertz CT molecular complexity index is 4410. The van der Waals surface area contributed by atoms with Gasteiger partial charge in [0, 0.05) is 114 Å². The molecule has 4 aliphatic rings. The first-order valence-electron chi connectivity index (χ1n) is 28.0. The van der Waals surface area contributed by atoms with Crippen molar-refractivity contribution < 1.29 is 22.7 Å². The van der Waals surface area contributed by atoms with E-state index in [1.807, 2.05) is 0 Å². The van der Waals surface area contributed by atoms with Crippen molar-refractivity contribution in [3.05, 3.63) is 218 Å². The number of furan rings is 3. The van der Waals surface area contributed by atoms with Crippen LogP contribution in [0.3, 0.4) is 0 Å². The third kappa shape index (κ3) is 6.69. The Morgan fingerprint density at radius 1 is 0.346 bits per heavy atom. The molecule has 10 aromatic carbocycles. The maximum Gasteiger partial charge on any atom is 0.301 e. The van der Waals surface area contributed by atoms with Crippen LogP contribution >= 0.6 is 0 Å². The third-order valence-corrected chi connectivity index (χ3v) is 16.9. The molecule has 0 amide bonds. The number of fused-ring (bicyclic) bond motifs is 15. The van der Waals surface area contributed by atoms with E-state index in [1.54, 1.807) is 0 Å². The van der Waals surface area contributed by atoms with E-state index in [0.29, 0.717) is 11.2 Å². The first-order chi connectivity index (χ1) is 39.8. The second-order valence-corrected chi connectivity index (χ2v) is 22.3. The van der Waals surface area contributed by atoms with Crippen molar-refractivity contribution in [3.8, 4) is 23.0 Å². The lowest BCUT2D eigenvalue weighted by Gasteiger charge is -2.39. The minimum Gasteiger partial charge on any atom is -0.468 e. The molecule has 13 aromatic rings. The molecular formula is C70H50B2N4O5. The van der Waals surface area contributed by atoms with Gasteiger partial charge < -0.3 is 42.3 Å². The van der Waals surface area contributed by atoms with E-state index in [1.165, 1.54) is 0 Å². The zero-order valence-electron chi connectivity index (χ0n) is 44.9. The van der Waals surface area contributed by atoms with Crippen molar-refractivity contribution in [1.82, 2.24) is 0 Å². The summed E-state index contributed by atoms with van der Waals surface area (Å²) >= 11 is 0. The van der Waals surface area contributed by atoms with Crippen LogP contribution in [0.25, 0.3) is 43.9 Å². The minimum atomic E-state index is -0.319. The molecule has 0 saturated carbocycles. The zero-order valence-corrected chi connectivity index (χ0v) is 44.9. The fourth-order valence-electron chi connectivity index (χ4n) is 13.7. The van der Waals surface area contributed by atoms with Crippen LogP contribution in [0.1, 0.15) is 27.7 Å². The van der Waals surface area contributed by atoms with Gasteiger partial charge in [-0.3, -0.25) is 0 Å². The molecule has 0 spiro atoms. The van der Waals surface area contributed by atoms with Gasteiger partial charge in [-0.15, -0.1) is 0 Å². The van der Waals surface area contributed by atoms with Gasteiger partial charge in [0.25, 0.3) is 0 Å². The number of rotatable bonds is 8. The molecule has 0 aliphatic carbocycles. The van der Waals surface area contributed by atoms with Crippen molar-refractivity contribution in [2.75, 3.05) is 19.6 Å². The molecule has 3 aromatic heterocycles. The predicted molar refractivity (Wildman–Crippen MR) is 332 cm³/mol. The Kier molecular flexibility index (Phi) is 9.79. The summed E-state index contributed by atoms with van der Waals surface area (Å²) in [6, 6.07) is 77.4. The van der Waals surface area contributed by atoms with Crippen molar-refractivity contribution in [3.63, 3.8) is 0 Å². The fraction of sp³-hybridized carbons (Fsp3) is 0.0857. The number of nitrogens with zero attached hydrogens (tertiary/aromatic N) is 4. The monoisotopic (exact) mass is 1050 g/mol. The lowest BCUT2D eigenvalue weighted by molar-refractivity contribution is 0.485. The third-order valence-electron chi connectivity index (χ3n) is 16.9. The van der Waals surface area contributed by atoms with Gasteiger partial charge in [-0.05, 0) is 124 Å². The lowest BCUT2D eigenvalue weighted by Crippen LogP contribution is -2.59. The molecule has 17 rings (SSSR count). The average Bonchev–Trinajstić information content (AvgIpc) is 3.24. The van der Waals surface area contributed by atoms with Gasteiger partial charge in [0.05, 0.1) is 22.7 Å². The van der Waals surface area contributed by atoms with Gasteiger partial charge >= 0.3 is 13.4 Å². The van der Waals surface area contributed by atoms with E-state index in [-0.39, 0.29) is 25.5 Å². The molecule has 0 atom stereocenters. The molecule has 11 heteroatoms. The first kappa shape index (κ1) is 46.0. The summed E-state index contributed by atoms with van der Waals surface area (Å²) in [6.45, 7) is 8.30. The largest absolute Gasteiger partial charge is 0.468 e. The van der Waals surface area contributed by atoms with Crippen LogP contribution in [0.5, 0.6) is 23.0 Å². The van der Waals surface area contributed by atoms with Crippen molar-refractivity contribution in [1.29, 1.82) is 0 Å². The fourth-order valence-corrected chi connectivity index (χ4v) is 13.7. The Hall–Kier alpha value is -9.99. The molecule has 9 nitrogen and oxygen atoms in total. The molecule has 0 fully saturated rings. The summed E-state index contributed by atoms with van der Waals surface area (Å²) in [6.07, 6.45) is 0. The molecule has 7 heterocycles. The zero-order chi connectivity index (χ0) is 53.8. The van der Waals surface area contributed by atoms with Gasteiger partial charge in [0.1, 0.15) is 45.3 Å². The van der Waals surface area contributed by atoms with E-state index in [9.17, 15) is 0 Å². The molecule has 0 saturated heterocycles. The van der Waals surface area contributed by atoms with E-state index in [0.717, 1.165) is 146 Å². The van der Waals surface area contributed by atoms with Gasteiger partial charge in [-0.1, -0.05) is 109 Å². The van der Waals surface area contributed by atoms with Crippen LogP contribution in [0, 0.1) is 0 Å². The number of benzene rings is 10. The van der Waals surface area contributed by atoms with Crippen LogP contribution in [-0.2, 0) is 0 Å². The summed E-state index contributed by atoms with van der Waals surface area (Å²) < 4.78 is 35.9. The highest BCUT2D eigenvalue weighted by Crippen LogP contribution is 2.50. The molecule has 4 aliphatic heterocycles. The minimum absolute atomic E-state index is 0.133. The van der Waals surface area contributed by atoms with Crippen LogP contribution in [0.2, 0.25) is 0 Å². The van der Waals surface area contributed by atoms with Crippen LogP contribution in [-0.4, -0.2) is 25.5 Å². The van der Waals surface area contributed by atoms with Crippen LogP contribution < -0.4 is 62.2 Å². The predicted octanol–water partition coefficient (Wildman–Crippen LogP) is 15.0. The first-order valence-corrected chi connectivity index (χ1v) is 28.0. The van der Waals surface area contributed by atoms with Crippen molar-refractivity contribution in [2.45, 2.75) is 39.8 Å². The van der Waals surface area contributed by atoms with Crippen molar-refractivity contribution >= 4 is 147 Å². The molecule has 0 radical (unpaired) electrons. The molecule has 81 heavy (non-hydrogen) atoms. The summed E-state index contributed by atoms with van der Waals surface area (Å²) in [5.74, 6) is 2.98. The molecule has 0 N–H and O–H groups in total. The SMILES string of the molecule is CC(C)N(c1ccccc1)c1cc2c3c(c1)N(c1ccccc1)c1c(oc4ccccc14)B3c1cc3c(cc1O2)oc1cc2c(cc13)B1c3oc4ccccc4c3N(c3ccccc3)c3cc(N(c4ccccc4)C(C)C)cc(c31)O2. The summed E-state index contributed by atoms with van der Waals surface area (Å²) in [4.78, 5) is 9.52. The highest BCUT2D eigenvalue weighted by Gasteiger charge is 2.49. The summed E-state index contributed by atoms with van der Waals surface area (Å²) in [5.41, 5.74) is 19.3.